The second kappa shape index (κ2) is 5.75. The molecular weight excluding hydrogens is 388 g/mol. The molecule has 2 N–H and O–H groups in total. The normalized spacial score (nSPS) is 9.35. The maximum atomic E-state index is 9.07. The number of allylic oxidation sites excluding steroid dienone is 2. The van der Waals surface area contributed by atoms with Crippen molar-refractivity contribution in [3.05, 3.63) is 32.5 Å². The van der Waals surface area contributed by atoms with Gasteiger partial charge in [0.2, 0.25) is 0 Å². The molecule has 0 spiro atoms. The van der Waals surface area contributed by atoms with Crippen molar-refractivity contribution in [2.75, 3.05) is 5.32 Å². The van der Waals surface area contributed by atoms with Crippen LogP contribution in [-0.2, 0) is 0 Å². The first-order valence-electron chi connectivity index (χ1n) is 5.15. The van der Waals surface area contributed by atoms with Crippen LogP contribution in [0.1, 0.15) is 0 Å². The number of hydrogen-bond donors (Lipinski definition) is 2. The number of nitriles is 3. The lowest BCUT2D eigenvalue weighted by atomic mass is 10.2. The molecule has 0 aliphatic carbocycles. The van der Waals surface area contributed by atoms with Crippen LogP contribution in [0.15, 0.2) is 32.5 Å². The maximum absolute atomic E-state index is 9.07. The topological polar surface area (TPSA) is 112 Å². The summed E-state index contributed by atoms with van der Waals surface area (Å²) >= 11 is 6.76. The number of benzene rings is 1. The monoisotopic (exact) mass is 390 g/mol. The van der Waals surface area contributed by atoms with Gasteiger partial charge in [-0.05, 0) is 37.9 Å². The fraction of sp³-hybridized carbons (Fsp3) is 0. The van der Waals surface area contributed by atoms with Crippen LogP contribution in [0.3, 0.4) is 0 Å². The Morgan fingerprint density at radius 3 is 2.45 bits per heavy atom. The summed E-state index contributed by atoms with van der Waals surface area (Å²) in [5, 5.41) is 37.0. The standard InChI is InChI=1S/C12H4Br2N6/c13-8-1-9(14)12-7(5-18-20-12)11(8)19-10(4-17)6(2-15)3-16/h1,5,19H,(H,18,20). The molecule has 2 aromatic rings. The summed E-state index contributed by atoms with van der Waals surface area (Å²) in [7, 11) is 0. The van der Waals surface area contributed by atoms with Crippen molar-refractivity contribution in [2.24, 2.45) is 0 Å². The molecule has 0 saturated carbocycles. The number of H-pyrrole nitrogens is 1. The van der Waals surface area contributed by atoms with Gasteiger partial charge in [-0.15, -0.1) is 0 Å². The number of nitrogens with zero attached hydrogens (tertiary/aromatic N) is 4. The average Bonchev–Trinajstić information content (AvgIpc) is 2.92. The first kappa shape index (κ1) is 14.1. The SMILES string of the molecule is N#CC(C#N)=C(C#N)Nc1c(Br)cc(Br)c2[nH]ncc12. The Kier molecular flexibility index (Phi) is 4.05. The fourth-order valence-electron chi connectivity index (χ4n) is 1.58. The highest BCUT2D eigenvalue weighted by Crippen LogP contribution is 2.36. The highest BCUT2D eigenvalue weighted by molar-refractivity contribution is 9.11. The quantitative estimate of drug-likeness (QED) is 0.762. The molecule has 0 amide bonds. The molecule has 0 fully saturated rings. The molecule has 1 aromatic carbocycles. The van der Waals surface area contributed by atoms with Gasteiger partial charge in [0, 0.05) is 14.3 Å². The third-order valence-corrected chi connectivity index (χ3v) is 3.73. The zero-order chi connectivity index (χ0) is 14.7. The summed E-state index contributed by atoms with van der Waals surface area (Å²) in [4.78, 5) is 0. The highest BCUT2D eigenvalue weighted by atomic mass is 79.9. The molecule has 0 saturated heterocycles. The van der Waals surface area contributed by atoms with Gasteiger partial charge in [0.15, 0.2) is 5.57 Å². The molecule has 0 atom stereocenters. The Labute approximate surface area is 130 Å². The zero-order valence-electron chi connectivity index (χ0n) is 9.70. The number of rotatable bonds is 2. The highest BCUT2D eigenvalue weighted by Gasteiger charge is 2.14. The van der Waals surface area contributed by atoms with Crippen LogP contribution in [-0.4, -0.2) is 10.2 Å². The van der Waals surface area contributed by atoms with Crippen molar-refractivity contribution >= 4 is 48.5 Å². The molecule has 8 heteroatoms. The molecule has 0 unspecified atom stereocenters. The number of aromatic amines is 1. The van der Waals surface area contributed by atoms with Gasteiger partial charge in [0.25, 0.3) is 0 Å². The minimum Gasteiger partial charge on any atom is -0.344 e. The van der Waals surface area contributed by atoms with Crippen LogP contribution in [0, 0.1) is 34.0 Å². The van der Waals surface area contributed by atoms with Gasteiger partial charge in [-0.3, -0.25) is 5.10 Å². The van der Waals surface area contributed by atoms with E-state index in [-0.39, 0.29) is 11.3 Å². The number of nitrogens with one attached hydrogen (secondary N) is 2. The van der Waals surface area contributed by atoms with Crippen LogP contribution in [0.4, 0.5) is 5.69 Å². The maximum Gasteiger partial charge on any atom is 0.163 e. The first-order chi connectivity index (χ1) is 9.62. The molecule has 1 heterocycles. The minimum atomic E-state index is -0.279. The third kappa shape index (κ3) is 2.37. The van der Waals surface area contributed by atoms with Crippen LogP contribution in [0.2, 0.25) is 0 Å². The summed E-state index contributed by atoms with van der Waals surface area (Å²) in [6.07, 6.45) is 1.58. The van der Waals surface area contributed by atoms with E-state index in [4.69, 9.17) is 15.8 Å². The Morgan fingerprint density at radius 2 is 1.85 bits per heavy atom. The zero-order valence-corrected chi connectivity index (χ0v) is 12.9. The Hall–Kier alpha value is -2.34. The molecule has 0 bridgehead atoms. The van der Waals surface area contributed by atoms with Crippen molar-refractivity contribution in [1.29, 1.82) is 15.8 Å². The lowest BCUT2D eigenvalue weighted by Crippen LogP contribution is -2.02. The smallest absolute Gasteiger partial charge is 0.163 e. The van der Waals surface area contributed by atoms with E-state index >= 15 is 0 Å². The van der Waals surface area contributed by atoms with Gasteiger partial charge in [-0.2, -0.15) is 20.9 Å². The number of hydrogen-bond acceptors (Lipinski definition) is 5. The Morgan fingerprint density at radius 1 is 1.15 bits per heavy atom. The van der Waals surface area contributed by atoms with Crippen molar-refractivity contribution in [3.8, 4) is 18.2 Å². The molecule has 20 heavy (non-hydrogen) atoms. The van der Waals surface area contributed by atoms with E-state index in [1.165, 1.54) is 0 Å². The van der Waals surface area contributed by atoms with E-state index in [1.54, 1.807) is 24.4 Å². The average molecular weight is 392 g/mol. The number of anilines is 1. The lowest BCUT2D eigenvalue weighted by Gasteiger charge is -2.09. The molecule has 1 aromatic heterocycles. The van der Waals surface area contributed by atoms with Gasteiger partial charge in [0.1, 0.15) is 23.9 Å². The van der Waals surface area contributed by atoms with E-state index in [9.17, 15) is 0 Å². The summed E-state index contributed by atoms with van der Waals surface area (Å²) < 4.78 is 1.46. The molecule has 0 aliphatic heterocycles. The molecule has 0 radical (unpaired) electrons. The van der Waals surface area contributed by atoms with Crippen LogP contribution < -0.4 is 5.32 Å². The molecule has 0 aliphatic rings. The Balaban J connectivity index is 2.65. The van der Waals surface area contributed by atoms with E-state index in [0.717, 1.165) is 9.99 Å². The molecule has 2 rings (SSSR count). The van der Waals surface area contributed by atoms with Crippen molar-refractivity contribution in [1.82, 2.24) is 10.2 Å². The van der Waals surface area contributed by atoms with Gasteiger partial charge in [0.05, 0.1) is 17.4 Å². The van der Waals surface area contributed by atoms with E-state index in [0.29, 0.717) is 15.5 Å². The minimum absolute atomic E-state index is 0.111. The summed E-state index contributed by atoms with van der Waals surface area (Å²) in [6, 6.07) is 6.95. The first-order valence-corrected chi connectivity index (χ1v) is 6.73. The van der Waals surface area contributed by atoms with Crippen LogP contribution in [0.5, 0.6) is 0 Å². The number of fused-ring (bicyclic) bond motifs is 1. The van der Waals surface area contributed by atoms with Crippen LogP contribution in [0.25, 0.3) is 10.9 Å². The van der Waals surface area contributed by atoms with E-state index in [1.807, 2.05) is 6.07 Å². The van der Waals surface area contributed by atoms with E-state index in [2.05, 4.69) is 47.4 Å². The molecule has 6 nitrogen and oxygen atoms in total. The van der Waals surface area contributed by atoms with Crippen molar-refractivity contribution in [2.45, 2.75) is 0 Å². The Bertz CT molecular complexity index is 828. The van der Waals surface area contributed by atoms with Gasteiger partial charge in [-0.25, -0.2) is 0 Å². The van der Waals surface area contributed by atoms with Crippen molar-refractivity contribution in [3.63, 3.8) is 0 Å². The van der Waals surface area contributed by atoms with Crippen LogP contribution >= 0.6 is 31.9 Å². The van der Waals surface area contributed by atoms with Gasteiger partial charge in [-0.1, -0.05) is 0 Å². The van der Waals surface area contributed by atoms with Crippen molar-refractivity contribution < 1.29 is 0 Å². The van der Waals surface area contributed by atoms with E-state index < -0.39 is 0 Å². The predicted molar refractivity (Wildman–Crippen MR) is 79.0 cm³/mol. The second-order valence-corrected chi connectivity index (χ2v) is 5.29. The summed E-state index contributed by atoms with van der Waals surface area (Å²) in [5.41, 5.74) is 0.902. The van der Waals surface area contributed by atoms with Gasteiger partial charge >= 0.3 is 0 Å². The number of aromatic nitrogens is 2. The van der Waals surface area contributed by atoms with Gasteiger partial charge < -0.3 is 5.32 Å². The second-order valence-electron chi connectivity index (χ2n) is 3.58. The fourth-order valence-corrected chi connectivity index (χ4v) is 2.96. The summed E-state index contributed by atoms with van der Waals surface area (Å²) in [6.45, 7) is 0. The molecular formula is C12H4Br2N6. The predicted octanol–water partition coefficient (Wildman–Crippen LogP) is 3.32. The lowest BCUT2D eigenvalue weighted by molar-refractivity contribution is 1.12. The number of halogens is 2. The molecule has 96 valence electrons. The largest absolute Gasteiger partial charge is 0.344 e. The third-order valence-electron chi connectivity index (χ3n) is 2.48. The summed E-state index contributed by atoms with van der Waals surface area (Å²) in [5.74, 6) is 0.